The second kappa shape index (κ2) is 10.8. The molecule has 0 saturated carbocycles. The highest BCUT2D eigenvalue weighted by Crippen LogP contribution is 2.41. The van der Waals surface area contributed by atoms with E-state index in [0.29, 0.717) is 17.7 Å². The molecule has 9 heteroatoms. The normalized spacial score (nSPS) is 12.7. The Hall–Kier alpha value is -2.81. The van der Waals surface area contributed by atoms with Crippen molar-refractivity contribution in [3.8, 4) is 17.2 Å². The van der Waals surface area contributed by atoms with Crippen LogP contribution in [0.2, 0.25) is 0 Å². The van der Waals surface area contributed by atoms with Crippen LogP contribution < -0.4 is 19.1 Å². The molecule has 0 spiro atoms. The monoisotopic (exact) mass is 551 g/mol. The summed E-state index contributed by atoms with van der Waals surface area (Å²) >= 11 is 0. The van der Waals surface area contributed by atoms with Crippen molar-refractivity contribution in [1.82, 2.24) is 4.90 Å². The molecule has 1 aliphatic heterocycles. The van der Waals surface area contributed by atoms with Gasteiger partial charge in [-0.15, -0.1) is 17.0 Å². The molecular formula is C26H35BrFN3O4. The van der Waals surface area contributed by atoms with Crippen LogP contribution >= 0.6 is 17.0 Å². The van der Waals surface area contributed by atoms with E-state index in [1.54, 1.807) is 11.0 Å². The van der Waals surface area contributed by atoms with Crippen molar-refractivity contribution in [3.63, 3.8) is 0 Å². The van der Waals surface area contributed by atoms with Gasteiger partial charge < -0.3 is 24.0 Å². The van der Waals surface area contributed by atoms with Gasteiger partial charge in [0.05, 0.1) is 38.6 Å². The maximum absolute atomic E-state index is 15.1. The van der Waals surface area contributed by atoms with Crippen LogP contribution in [-0.4, -0.2) is 58.0 Å². The Balaban J connectivity index is 0.00000432. The van der Waals surface area contributed by atoms with Gasteiger partial charge in [0.15, 0.2) is 23.1 Å². The number of nitrogens with one attached hydrogen (secondary N) is 1. The predicted molar refractivity (Wildman–Crippen MR) is 142 cm³/mol. The number of ether oxygens (including phenoxy) is 3. The van der Waals surface area contributed by atoms with Crippen LogP contribution in [0.1, 0.15) is 54.7 Å². The van der Waals surface area contributed by atoms with Crippen LogP contribution in [0.15, 0.2) is 18.2 Å². The first-order valence-corrected chi connectivity index (χ1v) is 11.2. The lowest BCUT2D eigenvalue weighted by Gasteiger charge is -2.28. The molecule has 0 radical (unpaired) electrons. The minimum absolute atomic E-state index is 0. The molecular weight excluding hydrogens is 517 g/mol. The molecule has 0 fully saturated rings. The maximum Gasteiger partial charge on any atom is 0.197 e. The number of carbonyl (C=O) groups excluding carboxylic acids is 1. The molecule has 7 nitrogen and oxygen atoms in total. The fraction of sp³-hybridized carbons (Fsp3) is 0.462. The Kier molecular flexibility index (Phi) is 8.81. The van der Waals surface area contributed by atoms with E-state index < -0.39 is 5.82 Å². The van der Waals surface area contributed by atoms with Crippen molar-refractivity contribution in [2.24, 2.45) is 0 Å². The van der Waals surface area contributed by atoms with Gasteiger partial charge in [-0.25, -0.2) is 4.39 Å². The molecule has 0 aromatic heterocycles. The SMILES string of the molecule is Br.CCOc1c(N(C)C)cc(C(=O)CN2Cc3cc(OC)c(OC)c(F)c3C2=N)cc1C(C)(C)C. The number of halogens is 2. The number of benzene rings is 2. The number of carbonyl (C=O) groups is 1. The Bertz CT molecular complexity index is 1130. The Labute approximate surface area is 217 Å². The first-order chi connectivity index (χ1) is 15.9. The van der Waals surface area contributed by atoms with Crippen molar-refractivity contribution in [1.29, 1.82) is 5.41 Å². The van der Waals surface area contributed by atoms with Gasteiger partial charge in [0.2, 0.25) is 0 Å². The molecule has 192 valence electrons. The summed E-state index contributed by atoms with van der Waals surface area (Å²) in [4.78, 5) is 16.9. The number of hydrogen-bond donors (Lipinski definition) is 1. The smallest absolute Gasteiger partial charge is 0.197 e. The highest BCUT2D eigenvalue weighted by molar-refractivity contribution is 8.93. The molecule has 1 heterocycles. The fourth-order valence-corrected chi connectivity index (χ4v) is 4.18. The Morgan fingerprint density at radius 1 is 1.14 bits per heavy atom. The second-order valence-corrected chi connectivity index (χ2v) is 9.54. The first kappa shape index (κ1) is 28.4. The molecule has 2 aromatic carbocycles. The lowest BCUT2D eigenvalue weighted by molar-refractivity contribution is 0.0962. The lowest BCUT2D eigenvalue weighted by Crippen LogP contribution is -2.31. The quantitative estimate of drug-likeness (QED) is 0.454. The first-order valence-electron chi connectivity index (χ1n) is 11.2. The van der Waals surface area contributed by atoms with Crippen molar-refractivity contribution in [2.45, 2.75) is 39.7 Å². The highest BCUT2D eigenvalue weighted by Gasteiger charge is 2.33. The van der Waals surface area contributed by atoms with Gasteiger partial charge in [0, 0.05) is 31.8 Å². The number of anilines is 1. The molecule has 0 bridgehead atoms. The van der Waals surface area contributed by atoms with E-state index in [1.807, 2.05) is 38.1 Å². The average molecular weight is 552 g/mol. The van der Waals surface area contributed by atoms with E-state index in [0.717, 1.165) is 17.0 Å². The zero-order valence-corrected chi connectivity index (χ0v) is 23.4. The predicted octanol–water partition coefficient (Wildman–Crippen LogP) is 5.21. The maximum atomic E-state index is 15.1. The summed E-state index contributed by atoms with van der Waals surface area (Å²) in [6, 6.07) is 5.36. The van der Waals surface area contributed by atoms with Crippen molar-refractivity contribution < 1.29 is 23.4 Å². The minimum atomic E-state index is -0.650. The molecule has 0 amide bonds. The van der Waals surface area contributed by atoms with Gasteiger partial charge in [-0.2, -0.15) is 0 Å². The van der Waals surface area contributed by atoms with Gasteiger partial charge in [0.1, 0.15) is 11.6 Å². The van der Waals surface area contributed by atoms with E-state index in [4.69, 9.17) is 19.6 Å². The summed E-state index contributed by atoms with van der Waals surface area (Å²) in [5.74, 6) is 0.125. The standard InChI is InChI=1S/C26H34FN3O4.BrH/c1-9-34-23-17(26(2,3)4)10-15(11-18(23)29(5)6)19(31)14-30-13-16-12-20(32-7)24(33-8)22(27)21(16)25(30)28;/h10-12,28H,9,13-14H2,1-8H3;1H. The topological polar surface area (TPSA) is 75.1 Å². The third-order valence-electron chi connectivity index (χ3n) is 5.91. The van der Waals surface area contributed by atoms with Gasteiger partial charge in [-0.05, 0) is 36.1 Å². The van der Waals surface area contributed by atoms with E-state index in [1.165, 1.54) is 14.2 Å². The molecule has 0 saturated heterocycles. The number of ketones is 1. The highest BCUT2D eigenvalue weighted by atomic mass is 79.9. The van der Waals surface area contributed by atoms with Crippen molar-refractivity contribution >= 4 is 34.3 Å². The number of hydrogen-bond acceptors (Lipinski definition) is 6. The lowest BCUT2D eigenvalue weighted by atomic mass is 9.84. The van der Waals surface area contributed by atoms with Crippen LogP contribution in [0.25, 0.3) is 0 Å². The van der Waals surface area contributed by atoms with Crippen LogP contribution in [0, 0.1) is 11.2 Å². The Morgan fingerprint density at radius 2 is 1.80 bits per heavy atom. The van der Waals surface area contributed by atoms with Crippen LogP contribution in [0.3, 0.4) is 0 Å². The van der Waals surface area contributed by atoms with E-state index in [-0.39, 0.29) is 64.2 Å². The van der Waals surface area contributed by atoms with Crippen LogP contribution in [0.5, 0.6) is 17.2 Å². The fourth-order valence-electron chi connectivity index (χ4n) is 4.18. The number of rotatable bonds is 8. The molecule has 1 N–H and O–H groups in total. The minimum Gasteiger partial charge on any atom is -0.493 e. The molecule has 35 heavy (non-hydrogen) atoms. The summed E-state index contributed by atoms with van der Waals surface area (Å²) in [6.45, 7) is 8.87. The van der Waals surface area contributed by atoms with Gasteiger partial charge in [-0.3, -0.25) is 10.2 Å². The molecule has 0 atom stereocenters. The number of amidine groups is 1. The summed E-state index contributed by atoms with van der Waals surface area (Å²) in [5.41, 5.74) is 2.75. The van der Waals surface area contributed by atoms with E-state index in [9.17, 15) is 4.79 Å². The van der Waals surface area contributed by atoms with Gasteiger partial charge in [-0.1, -0.05) is 20.8 Å². The Morgan fingerprint density at radius 3 is 2.31 bits per heavy atom. The third kappa shape index (κ3) is 5.39. The zero-order chi connectivity index (χ0) is 25.4. The summed E-state index contributed by atoms with van der Waals surface area (Å²) in [5, 5.41) is 8.53. The van der Waals surface area contributed by atoms with Gasteiger partial charge in [0.25, 0.3) is 0 Å². The molecule has 0 aliphatic carbocycles. The van der Waals surface area contributed by atoms with Crippen molar-refractivity contribution in [3.05, 3.63) is 46.3 Å². The second-order valence-electron chi connectivity index (χ2n) is 9.54. The van der Waals surface area contributed by atoms with Crippen molar-refractivity contribution in [2.75, 3.05) is 46.4 Å². The van der Waals surface area contributed by atoms with E-state index >= 15 is 4.39 Å². The number of nitrogens with zero attached hydrogens (tertiary/aromatic N) is 2. The number of Topliss-reactive ketones (excluding diaryl/α,β-unsaturated/α-hetero) is 1. The average Bonchev–Trinajstić information content (AvgIpc) is 3.07. The molecule has 3 rings (SSSR count). The van der Waals surface area contributed by atoms with Gasteiger partial charge >= 0.3 is 0 Å². The third-order valence-corrected chi connectivity index (χ3v) is 5.91. The molecule has 2 aromatic rings. The van der Waals surface area contributed by atoms with Crippen LogP contribution in [-0.2, 0) is 12.0 Å². The summed E-state index contributed by atoms with van der Waals surface area (Å²) in [6.07, 6.45) is 0. The number of methoxy groups -OCH3 is 2. The van der Waals surface area contributed by atoms with E-state index in [2.05, 4.69) is 20.8 Å². The molecule has 1 aliphatic rings. The van der Waals surface area contributed by atoms with Crippen LogP contribution in [0.4, 0.5) is 10.1 Å². The summed E-state index contributed by atoms with van der Waals surface area (Å²) < 4.78 is 31.4. The molecule has 0 unspecified atom stereocenters. The largest absolute Gasteiger partial charge is 0.493 e. The summed E-state index contributed by atoms with van der Waals surface area (Å²) in [7, 11) is 6.62. The zero-order valence-electron chi connectivity index (χ0n) is 21.7. The number of fused-ring (bicyclic) bond motifs is 1.